The van der Waals surface area contributed by atoms with E-state index in [2.05, 4.69) is 20.6 Å². The number of nitrogens with one attached hydrogen (secondary N) is 2. The SMILES string of the molecule is COc1cc(NC2=N[C@]3(CN2)CC2CCC3CC2)ncn1. The highest BCUT2D eigenvalue weighted by Crippen LogP contribution is 2.50. The summed E-state index contributed by atoms with van der Waals surface area (Å²) >= 11 is 0. The quantitative estimate of drug-likeness (QED) is 0.868. The van der Waals surface area contributed by atoms with Gasteiger partial charge < -0.3 is 15.4 Å². The molecule has 2 bridgehead atoms. The summed E-state index contributed by atoms with van der Waals surface area (Å²) in [5.74, 6) is 3.72. The minimum Gasteiger partial charge on any atom is -0.481 e. The van der Waals surface area contributed by atoms with Crippen molar-refractivity contribution >= 4 is 11.8 Å². The highest BCUT2D eigenvalue weighted by atomic mass is 16.5. The normalized spacial score (nSPS) is 33.7. The van der Waals surface area contributed by atoms with Crippen LogP contribution in [0.3, 0.4) is 0 Å². The summed E-state index contributed by atoms with van der Waals surface area (Å²) < 4.78 is 5.12. The molecule has 21 heavy (non-hydrogen) atoms. The molecule has 0 radical (unpaired) electrons. The highest BCUT2D eigenvalue weighted by molar-refractivity contribution is 5.94. The lowest BCUT2D eigenvalue weighted by molar-refractivity contribution is 0.0808. The van der Waals surface area contributed by atoms with Crippen LogP contribution >= 0.6 is 0 Å². The van der Waals surface area contributed by atoms with E-state index in [9.17, 15) is 0 Å². The highest BCUT2D eigenvalue weighted by Gasteiger charge is 2.49. The van der Waals surface area contributed by atoms with E-state index in [1.807, 2.05) is 0 Å². The van der Waals surface area contributed by atoms with Gasteiger partial charge in [0.15, 0.2) is 5.96 Å². The van der Waals surface area contributed by atoms with Crippen molar-refractivity contribution in [1.82, 2.24) is 15.3 Å². The Morgan fingerprint density at radius 1 is 1.29 bits per heavy atom. The van der Waals surface area contributed by atoms with Crippen molar-refractivity contribution in [3.8, 4) is 5.88 Å². The topological polar surface area (TPSA) is 71.4 Å². The Morgan fingerprint density at radius 2 is 2.14 bits per heavy atom. The molecule has 1 aliphatic heterocycles. The van der Waals surface area contributed by atoms with E-state index in [1.165, 1.54) is 38.4 Å². The number of ether oxygens (including phenoxy) is 1. The van der Waals surface area contributed by atoms with Crippen molar-refractivity contribution in [2.75, 3.05) is 19.0 Å². The largest absolute Gasteiger partial charge is 0.481 e. The molecule has 6 nitrogen and oxygen atoms in total. The first-order valence-corrected chi connectivity index (χ1v) is 7.74. The maximum absolute atomic E-state index is 5.12. The molecule has 3 aliphatic carbocycles. The summed E-state index contributed by atoms with van der Waals surface area (Å²) in [6, 6.07) is 1.78. The average Bonchev–Trinajstić information content (AvgIpc) is 2.91. The Hall–Kier alpha value is -1.85. The van der Waals surface area contributed by atoms with Gasteiger partial charge in [0.25, 0.3) is 0 Å². The Kier molecular flexibility index (Phi) is 2.97. The predicted molar refractivity (Wildman–Crippen MR) is 80.4 cm³/mol. The van der Waals surface area contributed by atoms with Gasteiger partial charge in [0.2, 0.25) is 5.88 Å². The third kappa shape index (κ3) is 2.22. The number of aromatic nitrogens is 2. The van der Waals surface area contributed by atoms with Crippen LogP contribution in [0.4, 0.5) is 5.82 Å². The van der Waals surface area contributed by atoms with Gasteiger partial charge in [-0.2, -0.15) is 0 Å². The van der Waals surface area contributed by atoms with Crippen LogP contribution in [-0.4, -0.2) is 35.1 Å². The molecule has 0 saturated heterocycles. The maximum atomic E-state index is 5.12. The van der Waals surface area contributed by atoms with Crippen LogP contribution in [0.25, 0.3) is 0 Å². The van der Waals surface area contributed by atoms with Crippen molar-refractivity contribution in [1.29, 1.82) is 0 Å². The van der Waals surface area contributed by atoms with Gasteiger partial charge in [0, 0.05) is 12.6 Å². The zero-order valence-corrected chi connectivity index (χ0v) is 12.3. The first-order chi connectivity index (χ1) is 10.3. The van der Waals surface area contributed by atoms with Gasteiger partial charge in [-0.1, -0.05) is 12.8 Å². The first kappa shape index (κ1) is 12.9. The van der Waals surface area contributed by atoms with Gasteiger partial charge in [0.1, 0.15) is 12.1 Å². The molecule has 5 rings (SSSR count). The molecule has 2 heterocycles. The van der Waals surface area contributed by atoms with Gasteiger partial charge in [-0.3, -0.25) is 0 Å². The number of guanidine groups is 1. The van der Waals surface area contributed by atoms with Crippen molar-refractivity contribution < 1.29 is 4.74 Å². The third-order valence-corrected chi connectivity index (χ3v) is 5.24. The molecule has 0 aromatic carbocycles. The fraction of sp³-hybridized carbons (Fsp3) is 0.667. The Balaban J connectivity index is 1.53. The second-order valence-corrected chi connectivity index (χ2v) is 6.41. The summed E-state index contributed by atoms with van der Waals surface area (Å²) in [6.45, 7) is 0.957. The number of nitrogens with zero attached hydrogens (tertiary/aromatic N) is 3. The summed E-state index contributed by atoms with van der Waals surface area (Å²) in [4.78, 5) is 13.2. The number of aliphatic imine (C=N–C) groups is 1. The summed E-state index contributed by atoms with van der Waals surface area (Å²) in [7, 11) is 1.60. The lowest BCUT2D eigenvalue weighted by Gasteiger charge is -2.47. The van der Waals surface area contributed by atoms with Crippen LogP contribution in [0.5, 0.6) is 5.88 Å². The van der Waals surface area contributed by atoms with E-state index >= 15 is 0 Å². The van der Waals surface area contributed by atoms with Gasteiger partial charge >= 0.3 is 0 Å². The molecule has 0 amide bonds. The Morgan fingerprint density at radius 3 is 2.86 bits per heavy atom. The average molecular weight is 287 g/mol. The molecule has 4 aliphatic rings. The number of hydrogen-bond donors (Lipinski definition) is 2. The fourth-order valence-electron chi connectivity index (χ4n) is 4.18. The fourth-order valence-corrected chi connectivity index (χ4v) is 4.18. The van der Waals surface area contributed by atoms with Crippen molar-refractivity contribution in [2.24, 2.45) is 16.8 Å². The summed E-state index contributed by atoms with van der Waals surface area (Å²) in [5, 5.41) is 6.68. The van der Waals surface area contributed by atoms with Gasteiger partial charge in [-0.25, -0.2) is 15.0 Å². The molecule has 2 N–H and O–H groups in total. The molecule has 1 spiro atoms. The molecule has 3 fully saturated rings. The molecule has 1 aromatic heterocycles. The van der Waals surface area contributed by atoms with Gasteiger partial charge in [-0.05, 0) is 31.1 Å². The Labute approximate surface area is 124 Å². The molecule has 0 unspecified atom stereocenters. The second kappa shape index (κ2) is 4.86. The van der Waals surface area contributed by atoms with E-state index in [1.54, 1.807) is 13.2 Å². The third-order valence-electron chi connectivity index (χ3n) is 5.24. The molecule has 6 heteroatoms. The van der Waals surface area contributed by atoms with E-state index in [-0.39, 0.29) is 5.54 Å². The van der Waals surface area contributed by atoms with Crippen LogP contribution in [0.1, 0.15) is 32.1 Å². The van der Waals surface area contributed by atoms with Crippen LogP contribution in [0.2, 0.25) is 0 Å². The van der Waals surface area contributed by atoms with Crippen LogP contribution in [0, 0.1) is 11.8 Å². The molecular formula is C15H21N5O. The number of rotatable bonds is 2. The van der Waals surface area contributed by atoms with E-state index in [0.717, 1.165) is 24.3 Å². The van der Waals surface area contributed by atoms with Crippen molar-refractivity contribution in [3.63, 3.8) is 0 Å². The van der Waals surface area contributed by atoms with Gasteiger partial charge in [-0.15, -0.1) is 0 Å². The minimum absolute atomic E-state index is 0.126. The van der Waals surface area contributed by atoms with Crippen molar-refractivity contribution in [2.45, 2.75) is 37.6 Å². The molecule has 112 valence electrons. The lowest BCUT2D eigenvalue weighted by atomic mass is 9.61. The summed E-state index contributed by atoms with van der Waals surface area (Å²) in [6.07, 6.45) is 8.20. The Bertz CT molecular complexity index is 567. The van der Waals surface area contributed by atoms with Crippen LogP contribution in [-0.2, 0) is 0 Å². The molecular weight excluding hydrogens is 266 g/mol. The summed E-state index contributed by atoms with van der Waals surface area (Å²) in [5.41, 5.74) is 0.126. The van der Waals surface area contributed by atoms with E-state index < -0.39 is 0 Å². The first-order valence-electron chi connectivity index (χ1n) is 7.74. The molecule has 3 saturated carbocycles. The zero-order valence-electron chi connectivity index (χ0n) is 12.3. The van der Waals surface area contributed by atoms with Crippen LogP contribution < -0.4 is 15.4 Å². The number of fused-ring (bicyclic) bond motifs is 2. The molecule has 1 aromatic rings. The standard InChI is InChI=1S/C15H21N5O/c1-21-13-6-12(17-9-18-13)19-14-16-8-15(20-14)7-10-2-4-11(15)5-3-10/h6,9-11H,2-5,7-8H2,1H3,(H2,16,17,18,19,20)/t10?,11?,15-/m0/s1. The lowest BCUT2D eigenvalue weighted by Crippen LogP contribution is -2.48. The maximum Gasteiger partial charge on any atom is 0.218 e. The predicted octanol–water partition coefficient (Wildman–Crippen LogP) is 1.81. The number of methoxy groups -OCH3 is 1. The minimum atomic E-state index is 0.126. The second-order valence-electron chi connectivity index (χ2n) is 6.41. The zero-order chi connectivity index (χ0) is 14.3. The number of hydrogen-bond acceptors (Lipinski definition) is 6. The van der Waals surface area contributed by atoms with Crippen molar-refractivity contribution in [3.05, 3.63) is 12.4 Å². The van der Waals surface area contributed by atoms with Gasteiger partial charge in [0.05, 0.1) is 12.6 Å². The van der Waals surface area contributed by atoms with E-state index in [4.69, 9.17) is 9.73 Å². The monoisotopic (exact) mass is 287 g/mol. The molecule has 1 atom stereocenters. The number of anilines is 1. The smallest absolute Gasteiger partial charge is 0.218 e. The van der Waals surface area contributed by atoms with E-state index in [0.29, 0.717) is 11.7 Å². The van der Waals surface area contributed by atoms with Crippen LogP contribution in [0.15, 0.2) is 17.4 Å².